The molecule has 0 spiro atoms. The fourth-order valence-electron chi connectivity index (χ4n) is 2.43. The molecule has 1 aromatic carbocycles. The van der Waals surface area contributed by atoms with Crippen molar-refractivity contribution < 1.29 is 23.5 Å². The number of aromatic nitrogens is 1. The highest BCUT2D eigenvalue weighted by atomic mass is 32.1. The summed E-state index contributed by atoms with van der Waals surface area (Å²) >= 11 is 1.20. The number of anilines is 1. The number of nitrogens with one attached hydrogen (secondary N) is 1. The largest absolute Gasteiger partial charge is 0.459 e. The van der Waals surface area contributed by atoms with Crippen LogP contribution in [0.15, 0.2) is 52.5 Å². The number of ketones is 1. The number of amides is 1. The van der Waals surface area contributed by atoms with E-state index in [-0.39, 0.29) is 17.0 Å². The lowest BCUT2D eigenvalue weighted by Gasteiger charge is -2.11. The maximum atomic E-state index is 12.4. The first kappa shape index (κ1) is 20.0. The lowest BCUT2D eigenvalue weighted by molar-refractivity contribution is -0.122. The summed E-state index contributed by atoms with van der Waals surface area (Å²) < 4.78 is 10.1. The smallest absolute Gasteiger partial charge is 0.340 e. The number of carbonyl (C=O) groups excluding carboxylic acids is 3. The molecular weight excluding hydrogens is 394 g/mol. The predicted octanol–water partition coefficient (Wildman–Crippen LogP) is 3.33. The van der Waals surface area contributed by atoms with E-state index >= 15 is 0 Å². The van der Waals surface area contributed by atoms with Crippen LogP contribution < -0.4 is 5.32 Å². The third-order valence-electron chi connectivity index (χ3n) is 3.82. The zero-order chi connectivity index (χ0) is 20.8. The molecule has 29 heavy (non-hydrogen) atoms. The van der Waals surface area contributed by atoms with E-state index in [4.69, 9.17) is 9.15 Å². The van der Waals surface area contributed by atoms with E-state index in [9.17, 15) is 19.6 Å². The number of ether oxygens (including phenoxy) is 1. The summed E-state index contributed by atoms with van der Waals surface area (Å²) in [6.45, 7) is 1.17. The van der Waals surface area contributed by atoms with Crippen molar-refractivity contribution in [2.45, 2.75) is 12.8 Å². The fourth-order valence-corrected chi connectivity index (χ4v) is 3.29. The topological polar surface area (TPSA) is 122 Å². The second-order valence-corrected chi connectivity index (χ2v) is 6.80. The molecule has 0 bridgehead atoms. The molecule has 1 N–H and O–H groups in total. The Balaban J connectivity index is 1.67. The van der Waals surface area contributed by atoms with Gasteiger partial charge in [0.05, 0.1) is 23.6 Å². The molecule has 0 unspecified atom stereocenters. The minimum absolute atomic E-state index is 0.0683. The third kappa shape index (κ3) is 4.75. The van der Waals surface area contributed by atoms with E-state index in [2.05, 4.69) is 10.3 Å². The lowest BCUT2D eigenvalue weighted by atomic mass is 10.1. The Morgan fingerprint density at radius 1 is 1.28 bits per heavy atom. The molecule has 3 aromatic rings. The Hall–Kier alpha value is -3.77. The molecule has 0 aliphatic rings. The van der Waals surface area contributed by atoms with E-state index in [1.165, 1.54) is 35.8 Å². The van der Waals surface area contributed by atoms with Crippen LogP contribution in [0.3, 0.4) is 0 Å². The first-order chi connectivity index (χ1) is 14.0. The molecule has 0 saturated heterocycles. The minimum Gasteiger partial charge on any atom is -0.459 e. The number of furan rings is 1. The van der Waals surface area contributed by atoms with E-state index in [0.717, 1.165) is 0 Å². The molecular formula is C20H15N3O5S. The van der Waals surface area contributed by atoms with Gasteiger partial charge in [-0.1, -0.05) is 12.1 Å². The SMILES string of the molecule is Cc1csc([C@H](C#N)C(=O)COC(=O)c2ccccc2NC(=O)c2ccco2)n1. The molecule has 0 fully saturated rings. The number of Topliss-reactive ketones (excluding diaryl/α,β-unsaturated/α-hetero) is 1. The summed E-state index contributed by atoms with van der Waals surface area (Å²) in [6, 6.07) is 11.1. The van der Waals surface area contributed by atoms with Crippen LogP contribution in [0.2, 0.25) is 0 Å². The first-order valence-corrected chi connectivity index (χ1v) is 9.33. The number of para-hydroxylation sites is 1. The van der Waals surface area contributed by atoms with Gasteiger partial charge in [0, 0.05) is 11.1 Å². The van der Waals surface area contributed by atoms with E-state index in [1.807, 2.05) is 6.07 Å². The molecule has 0 aliphatic carbocycles. The summed E-state index contributed by atoms with van der Waals surface area (Å²) in [4.78, 5) is 41.1. The summed E-state index contributed by atoms with van der Waals surface area (Å²) in [7, 11) is 0. The Morgan fingerprint density at radius 3 is 2.72 bits per heavy atom. The van der Waals surface area contributed by atoms with Crippen LogP contribution in [-0.2, 0) is 9.53 Å². The number of aryl methyl sites for hydroxylation is 1. The summed E-state index contributed by atoms with van der Waals surface area (Å²) in [5.74, 6) is -2.93. The Labute approximate surface area is 169 Å². The monoisotopic (exact) mass is 409 g/mol. The maximum absolute atomic E-state index is 12.4. The predicted molar refractivity (Wildman–Crippen MR) is 104 cm³/mol. The van der Waals surface area contributed by atoms with Crippen molar-refractivity contribution in [2.24, 2.45) is 0 Å². The number of carbonyl (C=O) groups is 3. The summed E-state index contributed by atoms with van der Waals surface area (Å²) in [5.41, 5.74) is 0.980. The Bertz CT molecular complexity index is 1080. The van der Waals surface area contributed by atoms with Crippen molar-refractivity contribution in [1.82, 2.24) is 4.98 Å². The van der Waals surface area contributed by atoms with Crippen LogP contribution in [0.25, 0.3) is 0 Å². The average Bonchev–Trinajstić information content (AvgIpc) is 3.39. The molecule has 1 atom stereocenters. The van der Waals surface area contributed by atoms with Gasteiger partial charge in [0.1, 0.15) is 5.01 Å². The lowest BCUT2D eigenvalue weighted by Crippen LogP contribution is -2.21. The normalized spacial score (nSPS) is 11.3. The second kappa shape index (κ2) is 8.95. The number of rotatable bonds is 7. The first-order valence-electron chi connectivity index (χ1n) is 8.45. The summed E-state index contributed by atoms with van der Waals surface area (Å²) in [5, 5.41) is 13.9. The van der Waals surface area contributed by atoms with Crippen molar-refractivity contribution in [1.29, 1.82) is 5.26 Å². The number of thiazole rings is 1. The number of esters is 1. The third-order valence-corrected chi connectivity index (χ3v) is 4.85. The van der Waals surface area contributed by atoms with E-state index in [1.54, 1.807) is 30.5 Å². The molecule has 0 saturated carbocycles. The van der Waals surface area contributed by atoms with Gasteiger partial charge in [0.25, 0.3) is 5.91 Å². The fraction of sp³-hybridized carbons (Fsp3) is 0.150. The van der Waals surface area contributed by atoms with Gasteiger partial charge >= 0.3 is 5.97 Å². The second-order valence-electron chi connectivity index (χ2n) is 5.91. The maximum Gasteiger partial charge on any atom is 0.340 e. The minimum atomic E-state index is -1.10. The van der Waals surface area contributed by atoms with Gasteiger partial charge in [0.15, 0.2) is 24.1 Å². The number of hydrogen-bond donors (Lipinski definition) is 1. The summed E-state index contributed by atoms with van der Waals surface area (Å²) in [6.07, 6.45) is 1.36. The van der Waals surface area contributed by atoms with Crippen molar-refractivity contribution in [3.63, 3.8) is 0 Å². The number of nitrogens with zero attached hydrogens (tertiary/aromatic N) is 2. The molecule has 1 amide bonds. The molecule has 146 valence electrons. The average molecular weight is 409 g/mol. The molecule has 2 aromatic heterocycles. The standard InChI is InChI=1S/C20H15N3O5S/c1-12-11-29-19(22-12)14(9-21)16(24)10-28-20(26)13-5-2-3-6-15(13)23-18(25)17-7-4-8-27-17/h2-8,11,14H,10H2,1H3,(H,23,25)/t14-/m1/s1. The van der Waals surface area contributed by atoms with Crippen LogP contribution in [0.4, 0.5) is 5.69 Å². The van der Waals surface area contributed by atoms with Crippen LogP contribution in [0.1, 0.15) is 37.5 Å². The van der Waals surface area contributed by atoms with Crippen molar-refractivity contribution in [3.8, 4) is 6.07 Å². The van der Waals surface area contributed by atoms with Gasteiger partial charge in [0.2, 0.25) is 0 Å². The van der Waals surface area contributed by atoms with Crippen molar-refractivity contribution in [3.05, 3.63) is 70.1 Å². The molecule has 0 aliphatic heterocycles. The number of benzene rings is 1. The number of nitriles is 1. The van der Waals surface area contributed by atoms with Crippen LogP contribution in [-0.4, -0.2) is 29.3 Å². The van der Waals surface area contributed by atoms with E-state index in [0.29, 0.717) is 10.7 Å². The molecule has 3 rings (SSSR count). The molecule has 0 radical (unpaired) electrons. The van der Waals surface area contributed by atoms with Crippen LogP contribution in [0.5, 0.6) is 0 Å². The van der Waals surface area contributed by atoms with Crippen molar-refractivity contribution in [2.75, 3.05) is 11.9 Å². The zero-order valence-corrected chi connectivity index (χ0v) is 16.1. The van der Waals surface area contributed by atoms with Gasteiger partial charge in [-0.3, -0.25) is 9.59 Å². The highest BCUT2D eigenvalue weighted by Crippen LogP contribution is 2.22. The van der Waals surface area contributed by atoms with Gasteiger partial charge in [-0.15, -0.1) is 11.3 Å². The van der Waals surface area contributed by atoms with Crippen LogP contribution >= 0.6 is 11.3 Å². The van der Waals surface area contributed by atoms with Crippen LogP contribution in [0, 0.1) is 18.3 Å². The number of hydrogen-bond acceptors (Lipinski definition) is 8. The highest BCUT2D eigenvalue weighted by molar-refractivity contribution is 7.09. The molecule has 2 heterocycles. The Kier molecular flexibility index (Phi) is 6.16. The Morgan fingerprint density at radius 2 is 2.07 bits per heavy atom. The quantitative estimate of drug-likeness (QED) is 0.594. The van der Waals surface area contributed by atoms with Gasteiger partial charge < -0.3 is 14.5 Å². The highest BCUT2D eigenvalue weighted by Gasteiger charge is 2.25. The molecule has 9 heteroatoms. The van der Waals surface area contributed by atoms with Crippen molar-refractivity contribution >= 4 is 34.7 Å². The van der Waals surface area contributed by atoms with Gasteiger partial charge in [-0.25, -0.2) is 9.78 Å². The zero-order valence-electron chi connectivity index (χ0n) is 15.2. The van der Waals surface area contributed by atoms with Gasteiger partial charge in [-0.05, 0) is 31.2 Å². The van der Waals surface area contributed by atoms with Gasteiger partial charge in [-0.2, -0.15) is 5.26 Å². The van der Waals surface area contributed by atoms with E-state index < -0.39 is 30.2 Å². The molecule has 8 nitrogen and oxygen atoms in total.